The highest BCUT2D eigenvalue weighted by atomic mass is 35.5. The summed E-state index contributed by atoms with van der Waals surface area (Å²) in [5.41, 5.74) is -1.03. The summed E-state index contributed by atoms with van der Waals surface area (Å²) in [6.45, 7) is 3.42. The molecule has 0 radical (unpaired) electrons. The summed E-state index contributed by atoms with van der Waals surface area (Å²) in [5, 5.41) is 11.7. The molecule has 3 fully saturated rings. The van der Waals surface area contributed by atoms with E-state index in [1.54, 1.807) is 19.9 Å². The number of aromatic hydroxyl groups is 1. The molecule has 3 aromatic rings. The molecule has 2 aliphatic heterocycles. The third kappa shape index (κ3) is 4.56. The lowest BCUT2D eigenvalue weighted by molar-refractivity contribution is -0.125. The average molecular weight is 770 g/mol. The van der Waals surface area contributed by atoms with Crippen molar-refractivity contribution in [1.82, 2.24) is 0 Å². The molecule has 2 saturated heterocycles. The first-order valence-corrected chi connectivity index (χ1v) is 16.7. The number of aryl methyl sites for hydroxylation is 1. The fourth-order valence-electron chi connectivity index (χ4n) is 7.93. The van der Waals surface area contributed by atoms with E-state index in [0.29, 0.717) is 5.56 Å². The van der Waals surface area contributed by atoms with Gasteiger partial charge in [-0.25, -0.2) is 31.8 Å². The number of carbonyl (C=O) groups excluding carboxylic acids is 4. The van der Waals surface area contributed by atoms with Crippen molar-refractivity contribution >= 4 is 69.8 Å². The van der Waals surface area contributed by atoms with Gasteiger partial charge < -0.3 is 9.84 Å². The Bertz CT molecular complexity index is 2120. The average Bonchev–Trinajstić information content (AvgIpc) is 3.43. The Morgan fingerprint density at radius 1 is 0.882 bits per heavy atom. The fourth-order valence-corrected chi connectivity index (χ4v) is 9.03. The molecule has 0 spiro atoms. The number of para-hydroxylation sites is 1. The molecule has 2 heterocycles. The van der Waals surface area contributed by atoms with Crippen molar-refractivity contribution in [2.24, 2.45) is 17.8 Å². The number of amides is 4. The summed E-state index contributed by atoms with van der Waals surface area (Å²) in [6, 6.07) is 8.70. The first kappa shape index (κ1) is 35.2. The number of allylic oxidation sites excluding steroid dienone is 2. The molecule has 2 aliphatic carbocycles. The third-order valence-electron chi connectivity index (χ3n) is 10.3. The second-order valence-electron chi connectivity index (χ2n) is 12.8. The maximum absolute atomic E-state index is 15.3. The predicted molar refractivity (Wildman–Crippen MR) is 174 cm³/mol. The molecule has 8 nitrogen and oxygen atoms in total. The van der Waals surface area contributed by atoms with E-state index >= 15 is 8.78 Å². The monoisotopic (exact) mass is 768 g/mol. The zero-order valence-electron chi connectivity index (χ0n) is 26.4. The Balaban J connectivity index is 1.45. The molecule has 16 heteroatoms. The van der Waals surface area contributed by atoms with Crippen LogP contribution in [0, 0.1) is 53.8 Å². The number of benzene rings is 3. The van der Waals surface area contributed by atoms with Gasteiger partial charge in [-0.1, -0.05) is 41.4 Å². The van der Waals surface area contributed by atoms with Crippen LogP contribution in [0.5, 0.6) is 11.5 Å². The van der Waals surface area contributed by atoms with E-state index < -0.39 is 104 Å². The highest BCUT2D eigenvalue weighted by molar-refractivity contribution is 6.58. The number of fused-ring (bicyclic) bond motifs is 4. The normalized spacial score (nSPS) is 28.5. The minimum Gasteiger partial charge on any atom is -0.504 e. The Labute approximate surface area is 301 Å². The summed E-state index contributed by atoms with van der Waals surface area (Å²) >= 11 is 20.6. The number of hydrogen-bond donors (Lipinski definition) is 1. The maximum Gasteiger partial charge on any atom is 0.258 e. The number of ether oxygens (including phenoxy) is 1. The van der Waals surface area contributed by atoms with E-state index in [9.17, 15) is 37.5 Å². The van der Waals surface area contributed by atoms with E-state index in [4.69, 9.17) is 39.5 Å². The SMILES string of the molecule is CCOc1cccc([C@H]2C3=CC[C@@H]4C(=O)N(c5ccc(C)c(Cl)c5)C(=O)[C@@H]4[C@@H]3C[C@@]3(Cl)C(=O)N(c4c(F)c(F)c(F)c(F)c4F)C(=O)[C@@]23Cl)c1O. The van der Waals surface area contributed by atoms with Crippen LogP contribution in [0.2, 0.25) is 5.02 Å². The van der Waals surface area contributed by atoms with Gasteiger partial charge in [0.2, 0.25) is 17.6 Å². The van der Waals surface area contributed by atoms with Crippen molar-refractivity contribution in [2.45, 2.75) is 42.4 Å². The molecule has 7 rings (SSSR count). The van der Waals surface area contributed by atoms with Crippen LogP contribution < -0.4 is 14.5 Å². The number of hydrogen-bond acceptors (Lipinski definition) is 6. The number of imide groups is 2. The molecule has 4 aliphatic rings. The molecule has 6 atom stereocenters. The predicted octanol–water partition coefficient (Wildman–Crippen LogP) is 7.22. The van der Waals surface area contributed by atoms with Crippen LogP contribution in [0.4, 0.5) is 33.3 Å². The van der Waals surface area contributed by atoms with Crippen LogP contribution >= 0.6 is 34.8 Å². The zero-order valence-corrected chi connectivity index (χ0v) is 28.6. The molecule has 1 N–H and O–H groups in total. The Hall–Kier alpha value is -4.20. The number of carbonyl (C=O) groups is 4. The lowest BCUT2D eigenvalue weighted by Gasteiger charge is -2.50. The van der Waals surface area contributed by atoms with Crippen LogP contribution in [0.1, 0.15) is 36.8 Å². The molecule has 51 heavy (non-hydrogen) atoms. The molecule has 4 amide bonds. The van der Waals surface area contributed by atoms with Crippen LogP contribution in [-0.2, 0) is 19.2 Å². The summed E-state index contributed by atoms with van der Waals surface area (Å²) in [4.78, 5) is 52.0. The lowest BCUT2D eigenvalue weighted by Crippen LogP contribution is -2.60. The molecule has 1 saturated carbocycles. The van der Waals surface area contributed by atoms with Gasteiger partial charge in [0.15, 0.2) is 44.5 Å². The summed E-state index contributed by atoms with van der Waals surface area (Å²) in [5.74, 6) is -22.7. The van der Waals surface area contributed by atoms with Crippen molar-refractivity contribution < 1.29 is 51.0 Å². The van der Waals surface area contributed by atoms with E-state index in [1.165, 1.54) is 36.4 Å². The van der Waals surface area contributed by atoms with Gasteiger partial charge in [0.05, 0.1) is 24.1 Å². The number of nitrogens with zero attached hydrogens (tertiary/aromatic N) is 2. The van der Waals surface area contributed by atoms with Crippen molar-refractivity contribution in [2.75, 3.05) is 16.4 Å². The molecule has 0 unspecified atom stereocenters. The summed E-state index contributed by atoms with van der Waals surface area (Å²) in [7, 11) is 0. The van der Waals surface area contributed by atoms with Gasteiger partial charge in [-0.2, -0.15) is 0 Å². The van der Waals surface area contributed by atoms with Crippen molar-refractivity contribution in [3.8, 4) is 11.5 Å². The minimum absolute atomic E-state index is 0.0726. The maximum atomic E-state index is 15.3. The highest BCUT2D eigenvalue weighted by Crippen LogP contribution is 2.67. The smallest absolute Gasteiger partial charge is 0.258 e. The highest BCUT2D eigenvalue weighted by Gasteiger charge is 2.77. The number of anilines is 2. The van der Waals surface area contributed by atoms with Gasteiger partial charge in [-0.3, -0.25) is 19.2 Å². The lowest BCUT2D eigenvalue weighted by atomic mass is 9.56. The third-order valence-corrected chi connectivity index (χ3v) is 12.1. The topological polar surface area (TPSA) is 104 Å². The number of phenolic OH excluding ortho intramolecular Hbond substituents is 1. The second-order valence-corrected chi connectivity index (χ2v) is 14.4. The van der Waals surface area contributed by atoms with Crippen LogP contribution in [-0.4, -0.2) is 45.1 Å². The van der Waals surface area contributed by atoms with Crippen LogP contribution in [0.15, 0.2) is 48.0 Å². The van der Waals surface area contributed by atoms with Gasteiger partial charge >= 0.3 is 0 Å². The van der Waals surface area contributed by atoms with Crippen LogP contribution in [0.3, 0.4) is 0 Å². The van der Waals surface area contributed by atoms with Crippen LogP contribution in [0.25, 0.3) is 0 Å². The molecule has 0 aromatic heterocycles. The number of alkyl halides is 2. The summed E-state index contributed by atoms with van der Waals surface area (Å²) in [6.07, 6.45) is 0.760. The first-order valence-electron chi connectivity index (χ1n) is 15.6. The molecule has 0 bridgehead atoms. The molecular weight excluding hydrogens is 746 g/mol. The summed E-state index contributed by atoms with van der Waals surface area (Å²) < 4.78 is 79.0. The van der Waals surface area contributed by atoms with Crippen molar-refractivity contribution in [3.63, 3.8) is 0 Å². The number of halogens is 8. The van der Waals surface area contributed by atoms with Gasteiger partial charge in [-0.15, -0.1) is 23.2 Å². The van der Waals surface area contributed by atoms with Gasteiger partial charge in [0, 0.05) is 16.5 Å². The van der Waals surface area contributed by atoms with Crippen molar-refractivity contribution in [1.29, 1.82) is 0 Å². The fraction of sp³-hybridized carbons (Fsp3) is 0.314. The zero-order chi connectivity index (χ0) is 37.1. The second kappa shape index (κ2) is 11.9. The number of phenols is 1. The molecule has 3 aromatic carbocycles. The Morgan fingerprint density at radius 3 is 2.16 bits per heavy atom. The molecular formula is C35H24Cl3F5N2O6. The van der Waals surface area contributed by atoms with E-state index in [2.05, 4.69) is 0 Å². The largest absolute Gasteiger partial charge is 0.504 e. The Morgan fingerprint density at radius 2 is 1.53 bits per heavy atom. The number of rotatable bonds is 5. The van der Waals surface area contributed by atoms with E-state index in [0.717, 1.165) is 4.90 Å². The Kier molecular flexibility index (Phi) is 8.23. The standard InChI is InChI=1S/C35H24Cl3F5N2O6/c1-3-51-20-6-4-5-17(29(20)46)22-15-9-10-16-21(31(48)44(30(16)47)14-8-7-13(2)19(36)11-14)18(15)12-34(37)32(49)45(33(50)35(22,34)38)28-26(42)24(40)23(39)25(41)27(28)43/h4-9,11,16,18,21-22,46H,3,10,12H2,1-2H3/t16-,18+,21-,22+,34+,35-/m0/s1. The molecule has 266 valence electrons. The van der Waals surface area contributed by atoms with Gasteiger partial charge in [0.25, 0.3) is 11.8 Å². The van der Waals surface area contributed by atoms with E-state index in [1.807, 2.05) is 0 Å². The minimum atomic E-state index is -2.79. The first-order chi connectivity index (χ1) is 24.0. The van der Waals surface area contributed by atoms with Crippen molar-refractivity contribution in [3.05, 3.63) is 93.3 Å². The van der Waals surface area contributed by atoms with Gasteiger partial charge in [0.1, 0.15) is 5.69 Å². The van der Waals surface area contributed by atoms with E-state index in [-0.39, 0.29) is 45.5 Å². The quantitative estimate of drug-likeness (QED) is 0.0735. The van der Waals surface area contributed by atoms with Gasteiger partial charge in [-0.05, 0) is 56.4 Å².